The summed E-state index contributed by atoms with van der Waals surface area (Å²) in [5, 5.41) is 13.7. The van der Waals surface area contributed by atoms with Gasteiger partial charge in [-0.1, -0.05) is 24.3 Å². The van der Waals surface area contributed by atoms with E-state index in [1.165, 1.54) is 18.2 Å². The molecule has 0 spiro atoms. The van der Waals surface area contributed by atoms with Gasteiger partial charge in [0.2, 0.25) is 0 Å². The lowest BCUT2D eigenvalue weighted by Crippen LogP contribution is -2.10. The van der Waals surface area contributed by atoms with Crippen molar-refractivity contribution < 1.29 is 13.7 Å². The standard InChI is InChI=1S/C14H12F2N2O2/c1-9(10-5-2-3-8-13(10)18(19)20)17-12-7-4-6-11(15)14(12)16/h2-9,17H,1H3. The number of para-hydroxylation sites is 1. The van der Waals surface area contributed by atoms with Crippen molar-refractivity contribution in [2.24, 2.45) is 0 Å². The number of hydrogen-bond acceptors (Lipinski definition) is 3. The van der Waals surface area contributed by atoms with Crippen LogP contribution in [0, 0.1) is 21.7 Å². The number of halogens is 2. The minimum absolute atomic E-state index is 0.0318. The molecule has 0 aliphatic rings. The van der Waals surface area contributed by atoms with E-state index in [0.717, 1.165) is 6.07 Å². The van der Waals surface area contributed by atoms with Crippen LogP contribution < -0.4 is 5.32 Å². The molecule has 0 bridgehead atoms. The largest absolute Gasteiger partial charge is 0.376 e. The third-order valence-corrected chi connectivity index (χ3v) is 2.92. The topological polar surface area (TPSA) is 55.2 Å². The third-order valence-electron chi connectivity index (χ3n) is 2.92. The number of nitro groups is 1. The van der Waals surface area contributed by atoms with Gasteiger partial charge in [0.1, 0.15) is 0 Å². The highest BCUT2D eigenvalue weighted by molar-refractivity contribution is 5.50. The van der Waals surface area contributed by atoms with Crippen LogP contribution in [0.3, 0.4) is 0 Å². The van der Waals surface area contributed by atoms with Gasteiger partial charge in [-0.3, -0.25) is 10.1 Å². The maximum atomic E-state index is 13.6. The summed E-state index contributed by atoms with van der Waals surface area (Å²) in [6.45, 7) is 1.65. The summed E-state index contributed by atoms with van der Waals surface area (Å²) in [5.74, 6) is -1.97. The summed E-state index contributed by atoms with van der Waals surface area (Å²) in [5.41, 5.74) is 0.307. The van der Waals surface area contributed by atoms with Crippen LogP contribution in [0.25, 0.3) is 0 Å². The lowest BCUT2D eigenvalue weighted by Gasteiger charge is -2.16. The molecule has 4 nitrogen and oxygen atoms in total. The molecule has 104 valence electrons. The number of hydrogen-bond donors (Lipinski definition) is 1. The molecule has 1 atom stereocenters. The predicted octanol–water partition coefficient (Wildman–Crippen LogP) is 4.05. The number of anilines is 1. The van der Waals surface area contributed by atoms with Crippen LogP contribution in [0.5, 0.6) is 0 Å². The monoisotopic (exact) mass is 278 g/mol. The molecule has 1 N–H and O–H groups in total. The van der Waals surface area contributed by atoms with Gasteiger partial charge in [-0.2, -0.15) is 0 Å². The molecule has 0 amide bonds. The summed E-state index contributed by atoms with van der Waals surface area (Å²) >= 11 is 0. The molecule has 6 heteroatoms. The zero-order valence-corrected chi connectivity index (χ0v) is 10.6. The molecule has 0 aliphatic carbocycles. The van der Waals surface area contributed by atoms with Crippen molar-refractivity contribution in [3.8, 4) is 0 Å². The Morgan fingerprint density at radius 2 is 1.85 bits per heavy atom. The molecule has 2 rings (SSSR count). The van der Waals surface area contributed by atoms with Crippen molar-refractivity contribution in [1.29, 1.82) is 0 Å². The van der Waals surface area contributed by atoms with Crippen LogP contribution in [0.4, 0.5) is 20.2 Å². The van der Waals surface area contributed by atoms with E-state index >= 15 is 0 Å². The fraction of sp³-hybridized carbons (Fsp3) is 0.143. The van der Waals surface area contributed by atoms with Gasteiger partial charge in [0.15, 0.2) is 11.6 Å². The normalized spacial score (nSPS) is 11.9. The number of nitro benzene ring substituents is 1. The van der Waals surface area contributed by atoms with Gasteiger partial charge in [-0.25, -0.2) is 8.78 Å². The van der Waals surface area contributed by atoms with Gasteiger partial charge >= 0.3 is 0 Å². The fourth-order valence-corrected chi connectivity index (χ4v) is 1.95. The molecular formula is C14H12F2N2O2. The number of rotatable bonds is 4. The summed E-state index contributed by atoms with van der Waals surface area (Å²) in [4.78, 5) is 10.4. The molecule has 0 aliphatic heterocycles. The first-order chi connectivity index (χ1) is 9.50. The van der Waals surface area contributed by atoms with Gasteiger partial charge in [0, 0.05) is 6.07 Å². The lowest BCUT2D eigenvalue weighted by molar-refractivity contribution is -0.385. The van der Waals surface area contributed by atoms with Crippen LogP contribution in [0.15, 0.2) is 42.5 Å². The molecule has 1 unspecified atom stereocenters. The van der Waals surface area contributed by atoms with E-state index in [9.17, 15) is 18.9 Å². The molecule has 2 aromatic rings. The third kappa shape index (κ3) is 2.74. The predicted molar refractivity (Wildman–Crippen MR) is 71.5 cm³/mol. The van der Waals surface area contributed by atoms with E-state index in [2.05, 4.69) is 5.32 Å². The van der Waals surface area contributed by atoms with E-state index in [0.29, 0.717) is 5.56 Å². The van der Waals surface area contributed by atoms with Crippen molar-refractivity contribution in [2.75, 3.05) is 5.32 Å². The summed E-state index contributed by atoms with van der Waals surface area (Å²) in [7, 11) is 0. The van der Waals surface area contributed by atoms with Gasteiger partial charge in [0.05, 0.1) is 22.2 Å². The molecule has 0 saturated carbocycles. The lowest BCUT2D eigenvalue weighted by atomic mass is 10.1. The van der Waals surface area contributed by atoms with Gasteiger partial charge in [-0.15, -0.1) is 0 Å². The number of nitrogens with zero attached hydrogens (tertiary/aromatic N) is 1. The molecular weight excluding hydrogens is 266 g/mol. The Bertz CT molecular complexity index is 647. The van der Waals surface area contributed by atoms with E-state index in [1.807, 2.05) is 0 Å². The minimum atomic E-state index is -1.00. The molecule has 20 heavy (non-hydrogen) atoms. The molecule has 0 saturated heterocycles. The highest BCUT2D eigenvalue weighted by atomic mass is 19.2. The summed E-state index contributed by atoms with van der Waals surface area (Å²) < 4.78 is 26.7. The molecule has 0 radical (unpaired) electrons. The van der Waals surface area contributed by atoms with E-state index in [-0.39, 0.29) is 11.4 Å². The van der Waals surface area contributed by atoms with Crippen LogP contribution in [-0.4, -0.2) is 4.92 Å². The quantitative estimate of drug-likeness (QED) is 0.678. The van der Waals surface area contributed by atoms with E-state index < -0.39 is 22.6 Å². The Labute approximate surface area is 114 Å². The number of nitrogens with one attached hydrogen (secondary N) is 1. The zero-order chi connectivity index (χ0) is 14.7. The fourth-order valence-electron chi connectivity index (χ4n) is 1.95. The summed E-state index contributed by atoms with van der Waals surface area (Å²) in [6, 6.07) is 9.38. The molecule has 0 aromatic heterocycles. The Morgan fingerprint density at radius 1 is 1.15 bits per heavy atom. The first-order valence-electron chi connectivity index (χ1n) is 5.94. The second kappa shape index (κ2) is 5.64. The second-order valence-electron chi connectivity index (χ2n) is 4.28. The van der Waals surface area contributed by atoms with Crippen molar-refractivity contribution in [1.82, 2.24) is 0 Å². The van der Waals surface area contributed by atoms with Gasteiger partial charge < -0.3 is 5.32 Å². The van der Waals surface area contributed by atoms with Crippen molar-refractivity contribution in [2.45, 2.75) is 13.0 Å². The van der Waals surface area contributed by atoms with Crippen molar-refractivity contribution in [3.63, 3.8) is 0 Å². The molecule has 2 aromatic carbocycles. The highest BCUT2D eigenvalue weighted by Gasteiger charge is 2.19. The van der Waals surface area contributed by atoms with Crippen LogP contribution in [-0.2, 0) is 0 Å². The highest BCUT2D eigenvalue weighted by Crippen LogP contribution is 2.28. The van der Waals surface area contributed by atoms with Crippen LogP contribution >= 0.6 is 0 Å². The summed E-state index contributed by atoms with van der Waals surface area (Å²) in [6.07, 6.45) is 0. The maximum absolute atomic E-state index is 13.6. The smallest absolute Gasteiger partial charge is 0.274 e. The number of benzene rings is 2. The van der Waals surface area contributed by atoms with Crippen molar-refractivity contribution >= 4 is 11.4 Å². The molecule has 0 heterocycles. The Kier molecular flexibility index (Phi) is 3.93. The molecule has 0 fully saturated rings. The Balaban J connectivity index is 2.31. The van der Waals surface area contributed by atoms with Gasteiger partial charge in [-0.05, 0) is 19.1 Å². The Hall–Kier alpha value is -2.50. The van der Waals surface area contributed by atoms with Crippen LogP contribution in [0.1, 0.15) is 18.5 Å². The van der Waals surface area contributed by atoms with Crippen LogP contribution in [0.2, 0.25) is 0 Å². The van der Waals surface area contributed by atoms with E-state index in [1.54, 1.807) is 25.1 Å². The average Bonchev–Trinajstić information content (AvgIpc) is 2.43. The Morgan fingerprint density at radius 3 is 2.55 bits per heavy atom. The zero-order valence-electron chi connectivity index (χ0n) is 10.6. The first-order valence-corrected chi connectivity index (χ1v) is 5.94. The van der Waals surface area contributed by atoms with Gasteiger partial charge in [0.25, 0.3) is 5.69 Å². The SMILES string of the molecule is CC(Nc1cccc(F)c1F)c1ccccc1[N+](=O)[O-]. The average molecular weight is 278 g/mol. The van der Waals surface area contributed by atoms with Crippen molar-refractivity contribution in [3.05, 3.63) is 69.8 Å². The second-order valence-corrected chi connectivity index (χ2v) is 4.28. The maximum Gasteiger partial charge on any atom is 0.274 e. The van der Waals surface area contributed by atoms with E-state index in [4.69, 9.17) is 0 Å². The first kappa shape index (κ1) is 13.9. The minimum Gasteiger partial charge on any atom is -0.376 e.